The Kier molecular flexibility index (Phi) is 6.63. The van der Waals surface area contributed by atoms with E-state index in [9.17, 15) is 14.7 Å². The first-order chi connectivity index (χ1) is 16.4. The highest BCUT2D eigenvalue weighted by molar-refractivity contribution is 6.46. The first-order valence-corrected chi connectivity index (χ1v) is 11.0. The van der Waals surface area contributed by atoms with Gasteiger partial charge in [0.1, 0.15) is 17.3 Å². The van der Waals surface area contributed by atoms with Gasteiger partial charge in [-0.05, 0) is 49.7 Å². The van der Waals surface area contributed by atoms with Crippen LogP contribution >= 0.6 is 0 Å². The molecule has 34 heavy (non-hydrogen) atoms. The number of aliphatic hydroxyl groups is 1. The molecule has 2 aromatic carbocycles. The lowest BCUT2D eigenvalue weighted by atomic mass is 9.94. The van der Waals surface area contributed by atoms with Gasteiger partial charge in [-0.1, -0.05) is 30.3 Å². The van der Waals surface area contributed by atoms with E-state index in [0.717, 1.165) is 5.56 Å². The molecule has 1 N–H and O–H groups in total. The van der Waals surface area contributed by atoms with Crippen molar-refractivity contribution in [3.05, 3.63) is 95.3 Å². The highest BCUT2D eigenvalue weighted by Crippen LogP contribution is 2.43. The number of likely N-dealkylation sites (tertiary alicyclic amines) is 1. The van der Waals surface area contributed by atoms with E-state index in [1.807, 2.05) is 26.0 Å². The minimum absolute atomic E-state index is 0.00486. The molecule has 1 aliphatic rings. The third-order valence-electron chi connectivity index (χ3n) is 5.56. The van der Waals surface area contributed by atoms with E-state index in [4.69, 9.17) is 9.47 Å². The fourth-order valence-electron chi connectivity index (χ4n) is 4.09. The molecule has 0 spiro atoms. The second-order valence-electron chi connectivity index (χ2n) is 8.22. The lowest BCUT2D eigenvalue weighted by molar-refractivity contribution is -0.140. The van der Waals surface area contributed by atoms with Gasteiger partial charge in [0, 0.05) is 30.1 Å². The number of carbonyl (C=O) groups is 2. The molecule has 0 bridgehead atoms. The van der Waals surface area contributed by atoms with Crippen molar-refractivity contribution in [1.29, 1.82) is 0 Å². The summed E-state index contributed by atoms with van der Waals surface area (Å²) in [7, 11) is 1.53. The SMILES string of the molecule is COc1ccccc1C1/C(=C(\O)c2cccc(OC(C)C)c2)C(=O)C(=O)N1Cc1ccncc1. The molecule has 0 radical (unpaired) electrons. The molecule has 2 heterocycles. The number of Topliss-reactive ketones (excluding diaryl/α,β-unsaturated/α-hetero) is 1. The molecule has 0 saturated carbocycles. The highest BCUT2D eigenvalue weighted by atomic mass is 16.5. The molecule has 3 aromatic rings. The summed E-state index contributed by atoms with van der Waals surface area (Å²) in [6.45, 7) is 3.97. The Bertz CT molecular complexity index is 1240. The van der Waals surface area contributed by atoms with Gasteiger partial charge in [-0.2, -0.15) is 0 Å². The van der Waals surface area contributed by atoms with Crippen molar-refractivity contribution in [2.75, 3.05) is 7.11 Å². The number of benzene rings is 2. The zero-order valence-electron chi connectivity index (χ0n) is 19.3. The third kappa shape index (κ3) is 4.50. The van der Waals surface area contributed by atoms with Crippen LogP contribution in [0, 0.1) is 0 Å². The maximum absolute atomic E-state index is 13.3. The lowest BCUT2D eigenvalue weighted by Gasteiger charge is -2.26. The van der Waals surface area contributed by atoms with Crippen LogP contribution in [0.15, 0.2) is 78.6 Å². The van der Waals surface area contributed by atoms with Crippen molar-refractivity contribution in [3.8, 4) is 11.5 Å². The van der Waals surface area contributed by atoms with Gasteiger partial charge in [0.25, 0.3) is 11.7 Å². The van der Waals surface area contributed by atoms with Gasteiger partial charge >= 0.3 is 0 Å². The van der Waals surface area contributed by atoms with Gasteiger partial charge < -0.3 is 19.5 Å². The quantitative estimate of drug-likeness (QED) is 0.319. The zero-order valence-corrected chi connectivity index (χ0v) is 19.3. The topological polar surface area (TPSA) is 89.0 Å². The Morgan fingerprint density at radius 2 is 1.79 bits per heavy atom. The fraction of sp³-hybridized carbons (Fsp3) is 0.222. The van der Waals surface area contributed by atoms with Crippen LogP contribution in [0.1, 0.15) is 36.6 Å². The molecule has 1 aromatic heterocycles. The molecular formula is C27H26N2O5. The van der Waals surface area contributed by atoms with Gasteiger partial charge in [-0.15, -0.1) is 0 Å². The molecule has 1 fully saturated rings. The fourth-order valence-corrected chi connectivity index (χ4v) is 4.09. The number of hydrogen-bond donors (Lipinski definition) is 1. The van der Waals surface area contributed by atoms with Crippen molar-refractivity contribution in [1.82, 2.24) is 9.88 Å². The highest BCUT2D eigenvalue weighted by Gasteiger charge is 2.47. The summed E-state index contributed by atoms with van der Waals surface area (Å²) in [5.74, 6) is -0.641. The van der Waals surface area contributed by atoms with E-state index >= 15 is 0 Å². The summed E-state index contributed by atoms with van der Waals surface area (Å²) >= 11 is 0. The van der Waals surface area contributed by atoms with E-state index < -0.39 is 17.7 Å². The summed E-state index contributed by atoms with van der Waals surface area (Å²) in [5, 5.41) is 11.3. The van der Waals surface area contributed by atoms with Crippen molar-refractivity contribution in [2.24, 2.45) is 0 Å². The smallest absolute Gasteiger partial charge is 0.295 e. The molecule has 1 saturated heterocycles. The Hall–Kier alpha value is -4.13. The number of amides is 1. The second kappa shape index (κ2) is 9.79. The van der Waals surface area contributed by atoms with Crippen LogP contribution in [0.3, 0.4) is 0 Å². The molecule has 174 valence electrons. The first-order valence-electron chi connectivity index (χ1n) is 11.0. The Labute approximate surface area is 198 Å². The minimum atomic E-state index is -0.834. The van der Waals surface area contributed by atoms with Gasteiger partial charge in [0.05, 0.1) is 24.8 Å². The molecule has 7 nitrogen and oxygen atoms in total. The molecule has 7 heteroatoms. The Balaban J connectivity index is 1.87. The van der Waals surface area contributed by atoms with Crippen LogP contribution in [0.2, 0.25) is 0 Å². The number of methoxy groups -OCH3 is 1. The number of ether oxygens (including phenoxy) is 2. The van der Waals surface area contributed by atoms with Crippen LogP contribution in [0.4, 0.5) is 0 Å². The second-order valence-corrected chi connectivity index (χ2v) is 8.22. The standard InChI is InChI=1S/C27H26N2O5/c1-17(2)34-20-8-6-7-19(15-20)25(30)23-24(21-9-4-5-10-22(21)33-3)29(27(32)26(23)31)16-18-11-13-28-14-12-18/h4-15,17,24,30H,16H2,1-3H3/b25-23+. The van der Waals surface area contributed by atoms with E-state index in [1.54, 1.807) is 60.9 Å². The lowest BCUT2D eigenvalue weighted by Crippen LogP contribution is -2.29. The number of aliphatic hydroxyl groups excluding tert-OH is 1. The zero-order chi connectivity index (χ0) is 24.2. The molecular weight excluding hydrogens is 432 g/mol. The third-order valence-corrected chi connectivity index (χ3v) is 5.56. The number of aromatic nitrogens is 1. The number of nitrogens with zero attached hydrogens (tertiary/aromatic N) is 2. The number of pyridine rings is 1. The molecule has 1 unspecified atom stereocenters. The predicted octanol–water partition coefficient (Wildman–Crippen LogP) is 4.50. The van der Waals surface area contributed by atoms with Gasteiger partial charge in [-0.25, -0.2) is 0 Å². The van der Waals surface area contributed by atoms with E-state index in [2.05, 4.69) is 4.98 Å². The molecule has 4 rings (SSSR count). The van der Waals surface area contributed by atoms with Crippen molar-refractivity contribution >= 4 is 17.4 Å². The molecule has 1 aliphatic heterocycles. The monoisotopic (exact) mass is 458 g/mol. The van der Waals surface area contributed by atoms with E-state index in [0.29, 0.717) is 22.6 Å². The summed E-state index contributed by atoms with van der Waals surface area (Å²) in [6.07, 6.45) is 3.20. The summed E-state index contributed by atoms with van der Waals surface area (Å²) in [5.41, 5.74) is 1.81. The number of carbonyl (C=O) groups excluding carboxylic acids is 2. The summed E-state index contributed by atoms with van der Waals surface area (Å²) in [4.78, 5) is 31.9. The van der Waals surface area contributed by atoms with Crippen LogP contribution < -0.4 is 9.47 Å². The Morgan fingerprint density at radius 1 is 1.06 bits per heavy atom. The first kappa shape index (κ1) is 23.0. The number of rotatable bonds is 7. The van der Waals surface area contributed by atoms with Crippen LogP contribution in [0.5, 0.6) is 11.5 Å². The average Bonchev–Trinajstić information content (AvgIpc) is 3.08. The van der Waals surface area contributed by atoms with Crippen LogP contribution in [-0.4, -0.2) is 39.9 Å². The van der Waals surface area contributed by atoms with Crippen molar-refractivity contribution < 1.29 is 24.2 Å². The van der Waals surface area contributed by atoms with Crippen molar-refractivity contribution in [2.45, 2.75) is 32.5 Å². The largest absolute Gasteiger partial charge is 0.507 e. The molecule has 0 aliphatic carbocycles. The van der Waals surface area contributed by atoms with E-state index in [1.165, 1.54) is 12.0 Å². The number of hydrogen-bond acceptors (Lipinski definition) is 6. The normalized spacial score (nSPS) is 17.3. The van der Waals surface area contributed by atoms with Crippen molar-refractivity contribution in [3.63, 3.8) is 0 Å². The summed E-state index contributed by atoms with van der Waals surface area (Å²) in [6, 6.07) is 16.7. The average molecular weight is 459 g/mol. The Morgan fingerprint density at radius 3 is 2.50 bits per heavy atom. The molecule has 1 amide bonds. The maximum atomic E-state index is 13.3. The van der Waals surface area contributed by atoms with Gasteiger partial charge in [0.2, 0.25) is 0 Å². The van der Waals surface area contributed by atoms with Crippen LogP contribution in [0.25, 0.3) is 5.76 Å². The number of para-hydroxylation sites is 1. The number of ketones is 1. The van der Waals surface area contributed by atoms with Gasteiger partial charge in [-0.3, -0.25) is 14.6 Å². The predicted molar refractivity (Wildman–Crippen MR) is 127 cm³/mol. The summed E-state index contributed by atoms with van der Waals surface area (Å²) < 4.78 is 11.3. The molecule has 1 atom stereocenters. The van der Waals surface area contributed by atoms with Gasteiger partial charge in [0.15, 0.2) is 0 Å². The maximum Gasteiger partial charge on any atom is 0.295 e. The van der Waals surface area contributed by atoms with E-state index in [-0.39, 0.29) is 24.0 Å². The minimum Gasteiger partial charge on any atom is -0.507 e. The van der Waals surface area contributed by atoms with Crippen LogP contribution in [-0.2, 0) is 16.1 Å².